The molecular weight excluding hydrogens is 320 g/mol. The first-order chi connectivity index (χ1) is 10.5. The molecule has 0 saturated heterocycles. The lowest BCUT2D eigenvalue weighted by atomic mass is 10.1. The maximum absolute atomic E-state index is 12.1. The summed E-state index contributed by atoms with van der Waals surface area (Å²) in [6.45, 7) is 6.05. The van der Waals surface area contributed by atoms with Crippen LogP contribution in [0.15, 0.2) is 35.7 Å². The molecule has 0 spiro atoms. The highest BCUT2D eigenvalue weighted by Gasteiger charge is 2.13. The average molecular weight is 339 g/mol. The normalized spacial score (nSPS) is 12.4. The van der Waals surface area contributed by atoms with Gasteiger partial charge in [-0.1, -0.05) is 35.5 Å². The van der Waals surface area contributed by atoms with E-state index in [2.05, 4.69) is 29.4 Å². The van der Waals surface area contributed by atoms with E-state index in [0.717, 1.165) is 10.7 Å². The molecule has 1 N–H and O–H groups in total. The zero-order valence-corrected chi connectivity index (χ0v) is 14.4. The highest BCUT2D eigenvalue weighted by molar-refractivity contribution is 7.99. The molecule has 7 heteroatoms. The van der Waals surface area contributed by atoms with E-state index in [1.807, 2.05) is 35.8 Å². The number of hydrogen-bond donors (Lipinski definition) is 1. The highest BCUT2D eigenvalue weighted by Crippen LogP contribution is 2.19. The molecule has 2 rings (SSSR count). The summed E-state index contributed by atoms with van der Waals surface area (Å²) in [6.07, 6.45) is 1.68. The van der Waals surface area contributed by atoms with Gasteiger partial charge in [-0.15, -0.1) is 10.2 Å². The van der Waals surface area contributed by atoms with Gasteiger partial charge >= 0.3 is 0 Å². The Morgan fingerprint density at radius 2 is 2.00 bits per heavy atom. The Hall–Kier alpha value is -1.53. The summed E-state index contributed by atoms with van der Waals surface area (Å²) in [5.74, 6) is 0.273. The summed E-state index contributed by atoms with van der Waals surface area (Å²) >= 11 is 7.25. The van der Waals surface area contributed by atoms with Crippen LogP contribution in [0.5, 0.6) is 0 Å². The highest BCUT2D eigenvalue weighted by atomic mass is 35.5. The summed E-state index contributed by atoms with van der Waals surface area (Å²) in [7, 11) is 0. The van der Waals surface area contributed by atoms with Gasteiger partial charge in [0.25, 0.3) is 0 Å². The molecule has 0 aliphatic rings. The molecule has 5 nitrogen and oxygen atoms in total. The summed E-state index contributed by atoms with van der Waals surface area (Å²) in [5.41, 5.74) is 1.02. The fourth-order valence-electron chi connectivity index (χ4n) is 1.94. The number of nitrogens with zero attached hydrogens (tertiary/aromatic N) is 3. The van der Waals surface area contributed by atoms with E-state index in [1.165, 1.54) is 11.8 Å². The zero-order valence-electron chi connectivity index (χ0n) is 12.8. The predicted octanol–water partition coefficient (Wildman–Crippen LogP) is 3.48. The third kappa shape index (κ3) is 4.48. The van der Waals surface area contributed by atoms with Crippen LogP contribution in [0.25, 0.3) is 0 Å². The fraction of sp³-hybridized carbons (Fsp3) is 0.400. The first-order valence-electron chi connectivity index (χ1n) is 7.04. The third-order valence-corrected chi connectivity index (χ3v) is 4.39. The quantitative estimate of drug-likeness (QED) is 0.819. The van der Waals surface area contributed by atoms with Crippen LogP contribution in [0.4, 0.5) is 0 Å². The monoisotopic (exact) mass is 338 g/mol. The summed E-state index contributed by atoms with van der Waals surface area (Å²) < 4.78 is 1.95. The molecule has 1 aromatic carbocycles. The van der Waals surface area contributed by atoms with Gasteiger partial charge in [-0.05, 0) is 38.5 Å². The predicted molar refractivity (Wildman–Crippen MR) is 89.1 cm³/mol. The number of rotatable bonds is 6. The van der Waals surface area contributed by atoms with Crippen molar-refractivity contribution in [1.82, 2.24) is 20.1 Å². The lowest BCUT2D eigenvalue weighted by molar-refractivity contribution is -0.119. The largest absolute Gasteiger partial charge is 0.349 e. The molecule has 1 atom stereocenters. The van der Waals surface area contributed by atoms with Gasteiger partial charge in [-0.2, -0.15) is 0 Å². The van der Waals surface area contributed by atoms with Crippen molar-refractivity contribution >= 4 is 29.3 Å². The van der Waals surface area contributed by atoms with Gasteiger partial charge in [-0.3, -0.25) is 4.79 Å². The van der Waals surface area contributed by atoms with E-state index in [-0.39, 0.29) is 18.0 Å². The molecule has 0 saturated carbocycles. The molecule has 0 aliphatic heterocycles. The molecule has 1 amide bonds. The average Bonchev–Trinajstić information content (AvgIpc) is 2.94. The van der Waals surface area contributed by atoms with Gasteiger partial charge in [0.2, 0.25) is 5.91 Å². The van der Waals surface area contributed by atoms with E-state index in [0.29, 0.717) is 10.8 Å². The number of carbonyl (C=O) groups excluding carboxylic acids is 1. The molecule has 2 aromatic rings. The van der Waals surface area contributed by atoms with Gasteiger partial charge in [0.15, 0.2) is 5.16 Å². The van der Waals surface area contributed by atoms with Crippen molar-refractivity contribution in [2.45, 2.75) is 38.0 Å². The molecule has 0 bridgehead atoms. The lowest BCUT2D eigenvalue weighted by Gasteiger charge is -2.14. The second-order valence-electron chi connectivity index (χ2n) is 5.24. The number of hydrogen-bond acceptors (Lipinski definition) is 4. The Morgan fingerprint density at radius 3 is 2.64 bits per heavy atom. The van der Waals surface area contributed by atoms with Gasteiger partial charge in [-0.25, -0.2) is 0 Å². The van der Waals surface area contributed by atoms with Crippen LogP contribution in [-0.2, 0) is 4.79 Å². The minimum absolute atomic E-state index is 0.0363. The van der Waals surface area contributed by atoms with Crippen LogP contribution in [0.3, 0.4) is 0 Å². The molecule has 0 fully saturated rings. The Labute approximate surface area is 139 Å². The van der Waals surface area contributed by atoms with E-state index < -0.39 is 0 Å². The van der Waals surface area contributed by atoms with Gasteiger partial charge in [0, 0.05) is 11.1 Å². The number of halogens is 1. The van der Waals surface area contributed by atoms with Crippen LogP contribution >= 0.6 is 23.4 Å². The van der Waals surface area contributed by atoms with E-state index in [4.69, 9.17) is 11.6 Å². The van der Waals surface area contributed by atoms with Crippen LogP contribution < -0.4 is 5.32 Å². The topological polar surface area (TPSA) is 59.8 Å². The van der Waals surface area contributed by atoms with Crippen LogP contribution in [0.2, 0.25) is 5.02 Å². The van der Waals surface area contributed by atoms with Crippen molar-refractivity contribution in [3.05, 3.63) is 41.2 Å². The van der Waals surface area contributed by atoms with Crippen molar-refractivity contribution in [2.75, 3.05) is 5.75 Å². The molecule has 1 heterocycles. The van der Waals surface area contributed by atoms with Gasteiger partial charge in [0.05, 0.1) is 11.8 Å². The molecule has 0 radical (unpaired) electrons. The number of thioether (sulfide) groups is 1. The maximum Gasteiger partial charge on any atom is 0.230 e. The first-order valence-corrected chi connectivity index (χ1v) is 8.41. The summed E-state index contributed by atoms with van der Waals surface area (Å²) in [6, 6.07) is 7.67. The second kappa shape index (κ2) is 7.65. The van der Waals surface area contributed by atoms with Crippen molar-refractivity contribution in [2.24, 2.45) is 0 Å². The molecule has 1 aromatic heterocycles. The Kier molecular flexibility index (Phi) is 5.85. The van der Waals surface area contributed by atoms with Gasteiger partial charge < -0.3 is 9.88 Å². The van der Waals surface area contributed by atoms with Crippen LogP contribution in [0, 0.1) is 0 Å². The SMILES string of the molecule is CC(NC(=O)CSc1nncn1C(C)C)c1ccc(Cl)cc1. The van der Waals surface area contributed by atoms with Crippen LogP contribution in [0.1, 0.15) is 38.4 Å². The van der Waals surface area contributed by atoms with E-state index in [1.54, 1.807) is 6.33 Å². The van der Waals surface area contributed by atoms with E-state index in [9.17, 15) is 4.79 Å². The number of benzene rings is 1. The molecule has 22 heavy (non-hydrogen) atoms. The first kappa shape index (κ1) is 16.8. The minimum atomic E-state index is -0.0617. The smallest absolute Gasteiger partial charge is 0.230 e. The minimum Gasteiger partial charge on any atom is -0.349 e. The lowest BCUT2D eigenvalue weighted by Crippen LogP contribution is -2.28. The number of aromatic nitrogens is 3. The number of amides is 1. The van der Waals surface area contributed by atoms with Crippen molar-refractivity contribution < 1.29 is 4.79 Å². The second-order valence-corrected chi connectivity index (χ2v) is 6.62. The van der Waals surface area contributed by atoms with Gasteiger partial charge in [0.1, 0.15) is 6.33 Å². The van der Waals surface area contributed by atoms with Crippen molar-refractivity contribution in [3.8, 4) is 0 Å². The maximum atomic E-state index is 12.1. The summed E-state index contributed by atoms with van der Waals surface area (Å²) in [4.78, 5) is 12.1. The number of carbonyl (C=O) groups is 1. The van der Waals surface area contributed by atoms with Crippen LogP contribution in [-0.4, -0.2) is 26.4 Å². The van der Waals surface area contributed by atoms with Crippen molar-refractivity contribution in [1.29, 1.82) is 0 Å². The third-order valence-electron chi connectivity index (χ3n) is 3.18. The molecular formula is C15H19ClN4OS. The Balaban J connectivity index is 1.87. The van der Waals surface area contributed by atoms with Crippen molar-refractivity contribution in [3.63, 3.8) is 0 Å². The zero-order chi connectivity index (χ0) is 16.1. The standard InChI is InChI=1S/C15H19ClN4OS/c1-10(2)20-9-17-19-15(20)22-8-14(21)18-11(3)12-4-6-13(16)7-5-12/h4-7,9-11H,8H2,1-3H3,(H,18,21). The molecule has 0 aliphatic carbocycles. The molecule has 1 unspecified atom stereocenters. The fourth-order valence-corrected chi connectivity index (χ4v) is 2.92. The number of nitrogens with one attached hydrogen (secondary N) is 1. The Morgan fingerprint density at radius 1 is 1.32 bits per heavy atom. The van der Waals surface area contributed by atoms with E-state index >= 15 is 0 Å². The summed E-state index contributed by atoms with van der Waals surface area (Å²) in [5, 5.41) is 12.3. The Bertz CT molecular complexity index is 627. The molecule has 118 valence electrons.